The van der Waals surface area contributed by atoms with Crippen molar-refractivity contribution in [2.75, 3.05) is 0 Å². The highest BCUT2D eigenvalue weighted by atomic mass is 16.1. The van der Waals surface area contributed by atoms with Crippen molar-refractivity contribution < 1.29 is 9.59 Å². The van der Waals surface area contributed by atoms with Crippen molar-refractivity contribution in [1.82, 2.24) is 14.5 Å². The molecule has 0 unspecified atom stereocenters. The Labute approximate surface area is 144 Å². The van der Waals surface area contributed by atoms with Crippen LogP contribution in [0.2, 0.25) is 0 Å². The second kappa shape index (κ2) is 6.12. The number of carbonyl (C=O) groups is 2. The molecule has 0 aliphatic heterocycles. The highest BCUT2D eigenvalue weighted by Crippen LogP contribution is 2.19. The Morgan fingerprint density at radius 2 is 1.92 bits per heavy atom. The molecular weight excluding hydrogens is 318 g/mol. The summed E-state index contributed by atoms with van der Waals surface area (Å²) in [5, 5.41) is 0.485. The standard InChI is InChI=1S/C19H19N3O3/c1-10-6-5-7-14-17(10)20-9-22(19(14)25)8-15(24)18-11(2)16(13(4)23)12(3)21-18/h5-7,9,21H,8H2,1-4H3. The highest BCUT2D eigenvalue weighted by molar-refractivity contribution is 6.03. The van der Waals surface area contributed by atoms with Gasteiger partial charge in [-0.05, 0) is 44.9 Å². The van der Waals surface area contributed by atoms with Gasteiger partial charge >= 0.3 is 0 Å². The predicted octanol–water partition coefficient (Wildman–Crippen LogP) is 2.74. The third-order valence-corrected chi connectivity index (χ3v) is 4.44. The molecule has 6 heteroatoms. The summed E-state index contributed by atoms with van der Waals surface area (Å²) >= 11 is 0. The molecule has 0 spiro atoms. The topological polar surface area (TPSA) is 84.8 Å². The SMILES string of the molecule is CC(=O)c1c(C)[nH]c(C(=O)Cn2cnc3c(C)cccc3c2=O)c1C. The van der Waals surface area contributed by atoms with Crippen LogP contribution >= 0.6 is 0 Å². The monoisotopic (exact) mass is 337 g/mol. The van der Waals surface area contributed by atoms with Gasteiger partial charge in [-0.3, -0.25) is 19.0 Å². The lowest BCUT2D eigenvalue weighted by Crippen LogP contribution is -2.25. The molecule has 3 rings (SSSR count). The smallest absolute Gasteiger partial charge is 0.261 e. The Morgan fingerprint density at radius 1 is 1.20 bits per heavy atom. The fraction of sp³-hybridized carbons (Fsp3) is 0.263. The van der Waals surface area contributed by atoms with Gasteiger partial charge in [-0.25, -0.2) is 4.98 Å². The first-order valence-corrected chi connectivity index (χ1v) is 7.99. The molecule has 2 heterocycles. The first kappa shape index (κ1) is 16.8. The number of hydrogen-bond acceptors (Lipinski definition) is 4. The molecule has 0 bridgehead atoms. The summed E-state index contributed by atoms with van der Waals surface area (Å²) in [7, 11) is 0. The van der Waals surface area contributed by atoms with Crippen molar-refractivity contribution in [3.63, 3.8) is 0 Å². The van der Waals surface area contributed by atoms with Crippen molar-refractivity contribution in [3.8, 4) is 0 Å². The van der Waals surface area contributed by atoms with Crippen LogP contribution < -0.4 is 5.56 Å². The molecule has 3 aromatic rings. The molecule has 1 N–H and O–H groups in total. The molecule has 128 valence electrons. The number of rotatable bonds is 4. The Balaban J connectivity index is 2.01. The third-order valence-electron chi connectivity index (χ3n) is 4.44. The number of hydrogen-bond donors (Lipinski definition) is 1. The minimum Gasteiger partial charge on any atom is -0.355 e. The van der Waals surface area contributed by atoms with Gasteiger partial charge in [0.15, 0.2) is 11.6 Å². The fourth-order valence-electron chi connectivity index (χ4n) is 3.24. The minimum atomic E-state index is -0.260. The fourth-order valence-corrected chi connectivity index (χ4v) is 3.24. The molecule has 0 amide bonds. The average Bonchev–Trinajstić information content (AvgIpc) is 2.85. The number of Topliss-reactive ketones (excluding diaryl/α,β-unsaturated/α-hetero) is 2. The number of nitrogens with zero attached hydrogens (tertiary/aromatic N) is 2. The number of aromatic nitrogens is 3. The molecule has 1 aromatic carbocycles. The lowest BCUT2D eigenvalue weighted by molar-refractivity contribution is 0.0965. The zero-order valence-corrected chi connectivity index (χ0v) is 14.6. The van der Waals surface area contributed by atoms with E-state index in [0.29, 0.717) is 33.4 Å². The Bertz CT molecular complexity index is 1070. The number of para-hydroxylation sites is 1. The summed E-state index contributed by atoms with van der Waals surface area (Å²) in [6.45, 7) is 6.72. The molecule has 0 saturated heterocycles. The molecule has 25 heavy (non-hydrogen) atoms. The van der Waals surface area contributed by atoms with E-state index in [1.807, 2.05) is 13.0 Å². The van der Waals surface area contributed by atoms with Gasteiger partial charge in [-0.1, -0.05) is 12.1 Å². The summed E-state index contributed by atoms with van der Waals surface area (Å²) in [5.74, 6) is -0.352. The van der Waals surface area contributed by atoms with Crippen molar-refractivity contribution >= 4 is 22.5 Å². The first-order chi connectivity index (χ1) is 11.8. The number of nitrogens with one attached hydrogen (secondary N) is 1. The third kappa shape index (κ3) is 2.80. The highest BCUT2D eigenvalue weighted by Gasteiger charge is 2.20. The molecule has 0 radical (unpaired) electrons. The van der Waals surface area contributed by atoms with Crippen LogP contribution in [0.5, 0.6) is 0 Å². The van der Waals surface area contributed by atoms with Crippen molar-refractivity contribution in [2.45, 2.75) is 34.2 Å². The van der Waals surface area contributed by atoms with Gasteiger partial charge in [0.2, 0.25) is 0 Å². The lowest BCUT2D eigenvalue weighted by atomic mass is 10.1. The van der Waals surface area contributed by atoms with Crippen LogP contribution in [-0.2, 0) is 6.54 Å². The minimum absolute atomic E-state index is 0.0923. The van der Waals surface area contributed by atoms with E-state index in [-0.39, 0.29) is 23.7 Å². The van der Waals surface area contributed by atoms with Crippen molar-refractivity contribution in [3.05, 3.63) is 63.0 Å². The van der Waals surface area contributed by atoms with Crippen LogP contribution in [0.1, 0.15) is 44.6 Å². The molecule has 0 saturated carbocycles. The predicted molar refractivity (Wildman–Crippen MR) is 95.3 cm³/mol. The molecule has 0 fully saturated rings. The molecule has 2 aromatic heterocycles. The van der Waals surface area contributed by atoms with Gasteiger partial charge in [0.05, 0.1) is 29.5 Å². The number of aryl methyl sites for hydroxylation is 2. The quantitative estimate of drug-likeness (QED) is 0.742. The normalized spacial score (nSPS) is 11.0. The van der Waals surface area contributed by atoms with Crippen molar-refractivity contribution in [2.24, 2.45) is 0 Å². The number of fused-ring (bicyclic) bond motifs is 1. The van der Waals surface area contributed by atoms with Gasteiger partial charge in [-0.15, -0.1) is 0 Å². The largest absolute Gasteiger partial charge is 0.355 e. The lowest BCUT2D eigenvalue weighted by Gasteiger charge is -2.07. The molecular formula is C19H19N3O3. The number of benzene rings is 1. The summed E-state index contributed by atoms with van der Waals surface area (Å²) in [6, 6.07) is 5.39. The average molecular weight is 337 g/mol. The van der Waals surface area contributed by atoms with E-state index >= 15 is 0 Å². The number of carbonyl (C=O) groups excluding carboxylic acids is 2. The zero-order valence-electron chi connectivity index (χ0n) is 14.6. The summed E-state index contributed by atoms with van der Waals surface area (Å²) < 4.78 is 1.30. The maximum absolute atomic E-state index is 12.6. The number of aromatic amines is 1. The van der Waals surface area contributed by atoms with Crippen LogP contribution in [0, 0.1) is 20.8 Å². The first-order valence-electron chi connectivity index (χ1n) is 7.99. The summed E-state index contributed by atoms with van der Waals surface area (Å²) in [6.07, 6.45) is 1.40. The Kier molecular flexibility index (Phi) is 4.12. The van der Waals surface area contributed by atoms with E-state index < -0.39 is 0 Å². The number of H-pyrrole nitrogens is 1. The second-order valence-corrected chi connectivity index (χ2v) is 6.25. The van der Waals surface area contributed by atoms with Crippen LogP contribution in [0.25, 0.3) is 10.9 Å². The van der Waals surface area contributed by atoms with Gasteiger partial charge in [-0.2, -0.15) is 0 Å². The van der Waals surface area contributed by atoms with E-state index in [4.69, 9.17) is 0 Å². The van der Waals surface area contributed by atoms with Crippen LogP contribution in [0.4, 0.5) is 0 Å². The maximum atomic E-state index is 12.6. The van der Waals surface area contributed by atoms with Crippen LogP contribution in [0.15, 0.2) is 29.3 Å². The molecule has 0 atom stereocenters. The molecule has 0 aliphatic rings. The van der Waals surface area contributed by atoms with E-state index in [0.717, 1.165) is 5.56 Å². The van der Waals surface area contributed by atoms with E-state index in [2.05, 4.69) is 9.97 Å². The van der Waals surface area contributed by atoms with Crippen molar-refractivity contribution in [1.29, 1.82) is 0 Å². The molecule has 0 aliphatic carbocycles. The summed E-state index contributed by atoms with van der Waals surface area (Å²) in [4.78, 5) is 44.3. The van der Waals surface area contributed by atoms with Crippen LogP contribution in [-0.4, -0.2) is 26.1 Å². The maximum Gasteiger partial charge on any atom is 0.261 e. The Morgan fingerprint density at radius 3 is 2.56 bits per heavy atom. The van der Waals surface area contributed by atoms with E-state index in [1.165, 1.54) is 17.8 Å². The van der Waals surface area contributed by atoms with Gasteiger partial charge < -0.3 is 4.98 Å². The van der Waals surface area contributed by atoms with Crippen LogP contribution in [0.3, 0.4) is 0 Å². The summed E-state index contributed by atoms with van der Waals surface area (Å²) in [5.41, 5.74) is 3.47. The zero-order chi connectivity index (χ0) is 18.3. The van der Waals surface area contributed by atoms with Gasteiger partial charge in [0.1, 0.15) is 0 Å². The van der Waals surface area contributed by atoms with E-state index in [1.54, 1.807) is 26.0 Å². The van der Waals surface area contributed by atoms with Gasteiger partial charge in [0, 0.05) is 11.3 Å². The molecule has 6 nitrogen and oxygen atoms in total. The van der Waals surface area contributed by atoms with Gasteiger partial charge in [0.25, 0.3) is 5.56 Å². The number of ketones is 2. The second-order valence-electron chi connectivity index (χ2n) is 6.25. The Hall–Kier alpha value is -3.02. The van der Waals surface area contributed by atoms with E-state index in [9.17, 15) is 14.4 Å².